The Labute approximate surface area is 87.8 Å². The molecular formula is C12H23NO. The van der Waals surface area contributed by atoms with Crippen LogP contribution in [0.2, 0.25) is 0 Å². The van der Waals surface area contributed by atoms with Gasteiger partial charge >= 0.3 is 0 Å². The van der Waals surface area contributed by atoms with Gasteiger partial charge in [0.2, 0.25) is 5.91 Å². The third-order valence-electron chi connectivity index (χ3n) is 2.60. The monoisotopic (exact) mass is 197 g/mol. The average Bonchev–Trinajstić information content (AvgIpc) is 2.21. The van der Waals surface area contributed by atoms with E-state index in [1.807, 2.05) is 0 Å². The van der Waals surface area contributed by atoms with Crippen molar-refractivity contribution < 1.29 is 4.79 Å². The van der Waals surface area contributed by atoms with E-state index >= 15 is 0 Å². The molecule has 0 aliphatic carbocycles. The largest absolute Gasteiger partial charge is 0.355 e. The minimum Gasteiger partial charge on any atom is -0.355 e. The quantitative estimate of drug-likeness (QED) is 0.493. The topological polar surface area (TPSA) is 29.1 Å². The second-order valence-corrected chi connectivity index (χ2v) is 3.85. The normalized spacial score (nSPS) is 12.2. The third-order valence-corrected chi connectivity index (χ3v) is 2.60. The molecule has 0 fully saturated rings. The number of amides is 1. The van der Waals surface area contributed by atoms with E-state index in [9.17, 15) is 4.79 Å². The van der Waals surface area contributed by atoms with Crippen LogP contribution in [0, 0.1) is 5.92 Å². The molecule has 1 unspecified atom stereocenters. The van der Waals surface area contributed by atoms with Crippen LogP contribution < -0.4 is 5.32 Å². The van der Waals surface area contributed by atoms with E-state index in [1.54, 1.807) is 7.05 Å². The highest BCUT2D eigenvalue weighted by atomic mass is 16.1. The number of hydrogen-bond acceptors (Lipinski definition) is 1. The highest BCUT2D eigenvalue weighted by molar-refractivity contribution is 5.92. The zero-order valence-electron chi connectivity index (χ0n) is 9.73. The molecule has 0 saturated heterocycles. The van der Waals surface area contributed by atoms with Crippen molar-refractivity contribution in [2.24, 2.45) is 5.92 Å². The van der Waals surface area contributed by atoms with Crippen molar-refractivity contribution in [2.45, 2.75) is 46.0 Å². The molecular weight excluding hydrogens is 174 g/mol. The molecule has 0 aromatic rings. The Morgan fingerprint density at radius 3 is 2.50 bits per heavy atom. The van der Waals surface area contributed by atoms with Crippen LogP contribution in [0.3, 0.4) is 0 Å². The molecule has 0 bridgehead atoms. The van der Waals surface area contributed by atoms with Gasteiger partial charge in [0.15, 0.2) is 0 Å². The maximum atomic E-state index is 11.2. The number of unbranched alkanes of at least 4 members (excludes halogenated alkanes) is 3. The zero-order valence-corrected chi connectivity index (χ0v) is 9.73. The van der Waals surface area contributed by atoms with Crippen molar-refractivity contribution in [3.8, 4) is 0 Å². The second-order valence-electron chi connectivity index (χ2n) is 3.85. The molecule has 0 saturated carbocycles. The lowest BCUT2D eigenvalue weighted by Crippen LogP contribution is -2.22. The van der Waals surface area contributed by atoms with Crippen molar-refractivity contribution in [2.75, 3.05) is 7.05 Å². The first-order valence-corrected chi connectivity index (χ1v) is 5.54. The molecule has 0 aliphatic heterocycles. The van der Waals surface area contributed by atoms with Crippen LogP contribution in [0.4, 0.5) is 0 Å². The molecule has 82 valence electrons. The summed E-state index contributed by atoms with van der Waals surface area (Å²) in [5.41, 5.74) is 0.712. The van der Waals surface area contributed by atoms with Gasteiger partial charge in [-0.05, 0) is 12.3 Å². The molecule has 0 aromatic carbocycles. The molecule has 0 spiro atoms. The number of carbonyl (C=O) groups is 1. The molecule has 0 rings (SSSR count). The molecule has 1 amide bonds. The number of likely N-dealkylation sites (N-methyl/N-ethyl adjacent to an activating group) is 1. The summed E-state index contributed by atoms with van der Waals surface area (Å²) in [6.07, 6.45) is 6.09. The molecule has 1 N–H and O–H groups in total. The van der Waals surface area contributed by atoms with Gasteiger partial charge < -0.3 is 5.32 Å². The Bertz CT molecular complexity index is 187. The maximum absolute atomic E-state index is 11.2. The fourth-order valence-electron chi connectivity index (χ4n) is 1.44. The minimum atomic E-state index is -0.0204. The van der Waals surface area contributed by atoms with Gasteiger partial charge in [-0.1, -0.05) is 46.1 Å². The molecule has 0 radical (unpaired) electrons. The SMILES string of the molecule is C=C(C(=O)NC)C(C)CCCCCC. The van der Waals surface area contributed by atoms with E-state index in [0.717, 1.165) is 6.42 Å². The van der Waals surface area contributed by atoms with Crippen LogP contribution in [0.1, 0.15) is 46.0 Å². The number of carbonyl (C=O) groups excluding carboxylic acids is 1. The molecule has 2 heteroatoms. The van der Waals surface area contributed by atoms with E-state index < -0.39 is 0 Å². The predicted molar refractivity (Wildman–Crippen MR) is 61.1 cm³/mol. The molecule has 1 atom stereocenters. The van der Waals surface area contributed by atoms with E-state index in [0.29, 0.717) is 11.5 Å². The Morgan fingerprint density at radius 2 is 2.00 bits per heavy atom. The van der Waals surface area contributed by atoms with E-state index in [2.05, 4.69) is 25.7 Å². The van der Waals surface area contributed by atoms with Gasteiger partial charge in [0.05, 0.1) is 0 Å². The van der Waals surface area contributed by atoms with Gasteiger partial charge in [0, 0.05) is 12.6 Å². The predicted octanol–water partition coefficient (Wildman–Crippen LogP) is 2.90. The summed E-state index contributed by atoms with van der Waals surface area (Å²) in [6, 6.07) is 0. The van der Waals surface area contributed by atoms with Gasteiger partial charge in [-0.25, -0.2) is 0 Å². The first-order chi connectivity index (χ1) is 6.63. The fourth-order valence-corrected chi connectivity index (χ4v) is 1.44. The summed E-state index contributed by atoms with van der Waals surface area (Å²) in [5, 5.41) is 2.61. The molecule has 0 heterocycles. The summed E-state index contributed by atoms with van der Waals surface area (Å²) in [5.74, 6) is 0.291. The first kappa shape index (κ1) is 13.2. The van der Waals surface area contributed by atoms with Crippen molar-refractivity contribution >= 4 is 5.91 Å². The van der Waals surface area contributed by atoms with Crippen LogP contribution in [-0.2, 0) is 4.79 Å². The number of hydrogen-bond donors (Lipinski definition) is 1. The number of rotatable bonds is 7. The second kappa shape index (κ2) is 7.60. The van der Waals surface area contributed by atoms with Crippen molar-refractivity contribution in [3.63, 3.8) is 0 Å². The van der Waals surface area contributed by atoms with Crippen LogP contribution in [-0.4, -0.2) is 13.0 Å². The standard InChI is InChI=1S/C12H23NO/c1-5-6-7-8-9-10(2)11(3)12(14)13-4/h10H,3,5-9H2,1-2,4H3,(H,13,14). The molecule has 0 aromatic heterocycles. The van der Waals surface area contributed by atoms with Crippen molar-refractivity contribution in [1.29, 1.82) is 0 Å². The van der Waals surface area contributed by atoms with Crippen LogP contribution in [0.5, 0.6) is 0 Å². The lowest BCUT2D eigenvalue weighted by atomic mass is 9.95. The summed E-state index contributed by atoms with van der Waals surface area (Å²) in [6.45, 7) is 8.09. The molecule has 0 aliphatic rings. The Hall–Kier alpha value is -0.790. The Morgan fingerprint density at radius 1 is 1.36 bits per heavy atom. The summed E-state index contributed by atoms with van der Waals surface area (Å²) in [4.78, 5) is 11.2. The first-order valence-electron chi connectivity index (χ1n) is 5.54. The highest BCUT2D eigenvalue weighted by Crippen LogP contribution is 2.17. The Balaban J connectivity index is 3.67. The van der Waals surface area contributed by atoms with E-state index in [4.69, 9.17) is 0 Å². The van der Waals surface area contributed by atoms with Crippen LogP contribution >= 0.6 is 0 Å². The lowest BCUT2D eigenvalue weighted by molar-refractivity contribution is -0.117. The van der Waals surface area contributed by atoms with Gasteiger partial charge in [-0.15, -0.1) is 0 Å². The minimum absolute atomic E-state index is 0.0204. The smallest absolute Gasteiger partial charge is 0.246 e. The summed E-state index contributed by atoms with van der Waals surface area (Å²) in [7, 11) is 1.65. The van der Waals surface area contributed by atoms with E-state index in [1.165, 1.54) is 25.7 Å². The number of nitrogens with one attached hydrogen (secondary N) is 1. The van der Waals surface area contributed by atoms with Crippen molar-refractivity contribution in [1.82, 2.24) is 5.32 Å². The summed E-state index contributed by atoms with van der Waals surface area (Å²) >= 11 is 0. The highest BCUT2D eigenvalue weighted by Gasteiger charge is 2.12. The van der Waals surface area contributed by atoms with Crippen LogP contribution in [0.25, 0.3) is 0 Å². The van der Waals surface area contributed by atoms with Gasteiger partial charge in [-0.2, -0.15) is 0 Å². The van der Waals surface area contributed by atoms with Gasteiger partial charge in [0.1, 0.15) is 0 Å². The van der Waals surface area contributed by atoms with E-state index in [-0.39, 0.29) is 5.91 Å². The third kappa shape index (κ3) is 5.05. The summed E-state index contributed by atoms with van der Waals surface area (Å²) < 4.78 is 0. The van der Waals surface area contributed by atoms with Crippen LogP contribution in [0.15, 0.2) is 12.2 Å². The maximum Gasteiger partial charge on any atom is 0.246 e. The lowest BCUT2D eigenvalue weighted by Gasteiger charge is -2.12. The zero-order chi connectivity index (χ0) is 11.0. The van der Waals surface area contributed by atoms with Gasteiger partial charge in [0.25, 0.3) is 0 Å². The average molecular weight is 197 g/mol. The Kier molecular flexibility index (Phi) is 7.17. The van der Waals surface area contributed by atoms with Crippen molar-refractivity contribution in [3.05, 3.63) is 12.2 Å². The molecule has 14 heavy (non-hydrogen) atoms. The fraction of sp³-hybridized carbons (Fsp3) is 0.750. The van der Waals surface area contributed by atoms with Gasteiger partial charge in [-0.3, -0.25) is 4.79 Å². The molecule has 2 nitrogen and oxygen atoms in total.